The summed E-state index contributed by atoms with van der Waals surface area (Å²) in [6.07, 6.45) is 0.321. The van der Waals surface area contributed by atoms with E-state index in [-0.39, 0.29) is 16.8 Å². The van der Waals surface area contributed by atoms with Crippen LogP contribution in [0.15, 0.2) is 51.9 Å². The van der Waals surface area contributed by atoms with Gasteiger partial charge in [-0.1, -0.05) is 28.1 Å². The number of carbonyl (C=O) groups is 1. The van der Waals surface area contributed by atoms with Gasteiger partial charge in [-0.3, -0.25) is 9.69 Å². The smallest absolute Gasteiger partial charge is 0.274 e. The number of rotatable bonds is 5. The lowest BCUT2D eigenvalue weighted by Gasteiger charge is -2.12. The fourth-order valence-electron chi connectivity index (χ4n) is 2.38. The van der Waals surface area contributed by atoms with Crippen LogP contribution in [0.25, 0.3) is 0 Å². The predicted molar refractivity (Wildman–Crippen MR) is 101 cm³/mol. The van der Waals surface area contributed by atoms with Crippen LogP contribution in [0.5, 0.6) is 5.75 Å². The Morgan fingerprint density at radius 1 is 1.24 bits per heavy atom. The van der Waals surface area contributed by atoms with Gasteiger partial charge >= 0.3 is 0 Å². The van der Waals surface area contributed by atoms with E-state index in [1.165, 1.54) is 17.0 Å². The molecular formula is C18H14BrFN2O2S. The van der Waals surface area contributed by atoms with Crippen LogP contribution in [0.3, 0.4) is 0 Å². The molecule has 0 saturated carbocycles. The van der Waals surface area contributed by atoms with Gasteiger partial charge in [0.15, 0.2) is 0 Å². The molecule has 128 valence electrons. The number of halogens is 2. The minimum atomic E-state index is -0.286. The van der Waals surface area contributed by atoms with E-state index in [9.17, 15) is 9.18 Å². The lowest BCUT2D eigenvalue weighted by molar-refractivity contribution is -0.119. The summed E-state index contributed by atoms with van der Waals surface area (Å²) in [4.78, 5) is 17.7. The second-order valence-corrected chi connectivity index (χ2v) is 6.83. The molecule has 3 rings (SSSR count). The first-order chi connectivity index (χ1) is 11.9. The molecule has 0 bridgehead atoms. The van der Waals surface area contributed by atoms with Gasteiger partial charge in [-0.05, 0) is 48.1 Å². The lowest BCUT2D eigenvalue weighted by Crippen LogP contribution is -2.29. The van der Waals surface area contributed by atoms with E-state index >= 15 is 0 Å². The molecule has 0 fully saturated rings. The van der Waals surface area contributed by atoms with Gasteiger partial charge in [0.1, 0.15) is 23.9 Å². The molecule has 0 aromatic heterocycles. The van der Waals surface area contributed by atoms with Gasteiger partial charge in [0, 0.05) is 23.5 Å². The van der Waals surface area contributed by atoms with Gasteiger partial charge in [0.25, 0.3) is 5.91 Å². The number of carbonyl (C=O) groups excluding carboxylic acids is 1. The average Bonchev–Trinajstić information content (AvgIpc) is 2.83. The molecule has 0 aliphatic carbocycles. The Balaban J connectivity index is 1.79. The van der Waals surface area contributed by atoms with E-state index in [4.69, 9.17) is 17.0 Å². The molecule has 1 amide bonds. The highest BCUT2D eigenvalue weighted by Crippen LogP contribution is 2.26. The zero-order valence-corrected chi connectivity index (χ0v) is 15.7. The van der Waals surface area contributed by atoms with Crippen molar-refractivity contribution in [3.63, 3.8) is 0 Å². The molecule has 2 aromatic rings. The van der Waals surface area contributed by atoms with Crippen LogP contribution in [0, 0.1) is 5.82 Å². The summed E-state index contributed by atoms with van der Waals surface area (Å²) in [5, 5.41) is 0.267. The number of hydrogen-bond acceptors (Lipinski definition) is 3. The molecule has 4 nitrogen and oxygen atoms in total. The van der Waals surface area contributed by atoms with Gasteiger partial charge in [-0.25, -0.2) is 9.38 Å². The van der Waals surface area contributed by atoms with E-state index in [0.717, 1.165) is 15.6 Å². The summed E-state index contributed by atoms with van der Waals surface area (Å²) in [7, 11) is 1.61. The summed E-state index contributed by atoms with van der Waals surface area (Å²) in [6, 6.07) is 11.7. The van der Waals surface area contributed by atoms with Crippen LogP contribution >= 0.6 is 28.1 Å². The maximum Gasteiger partial charge on any atom is 0.274 e. The minimum absolute atomic E-state index is 0.200. The number of hydrogen-bond donors (Lipinski definition) is 0. The van der Waals surface area contributed by atoms with Gasteiger partial charge in [0.2, 0.25) is 5.11 Å². The van der Waals surface area contributed by atoms with Crippen molar-refractivity contribution in [3.05, 3.63) is 63.9 Å². The van der Waals surface area contributed by atoms with E-state index < -0.39 is 0 Å². The SMILES string of the molecule is CN1C(=O)C(Cc2cc(Br)ccc2OCc2ccc(F)cc2)=NC1=S. The summed E-state index contributed by atoms with van der Waals surface area (Å²) >= 11 is 8.47. The first kappa shape index (κ1) is 17.7. The van der Waals surface area contributed by atoms with Crippen LogP contribution in [-0.2, 0) is 17.8 Å². The number of aliphatic imine (C=N–C) groups is 1. The third-order valence-electron chi connectivity index (χ3n) is 3.76. The van der Waals surface area contributed by atoms with Crippen LogP contribution in [-0.4, -0.2) is 28.7 Å². The predicted octanol–water partition coefficient (Wildman–Crippen LogP) is 3.91. The Kier molecular flexibility index (Phi) is 5.24. The maximum atomic E-state index is 13.0. The van der Waals surface area contributed by atoms with Gasteiger partial charge in [-0.15, -0.1) is 0 Å². The summed E-state index contributed by atoms with van der Waals surface area (Å²) in [6.45, 7) is 0.299. The highest BCUT2D eigenvalue weighted by molar-refractivity contribution is 9.10. The Bertz CT molecular complexity index is 868. The monoisotopic (exact) mass is 420 g/mol. The van der Waals surface area contributed by atoms with E-state index in [2.05, 4.69) is 20.9 Å². The standard InChI is InChI=1S/C18H14BrFN2O2S/c1-22-17(23)15(21-18(22)25)9-12-8-13(19)4-7-16(12)24-10-11-2-5-14(20)6-3-11/h2-8H,9-10H2,1H3. The van der Waals surface area contributed by atoms with Crippen LogP contribution < -0.4 is 4.74 Å². The van der Waals surface area contributed by atoms with Crippen molar-refractivity contribution in [2.75, 3.05) is 7.05 Å². The fraction of sp³-hybridized carbons (Fsp3) is 0.167. The Hall–Kier alpha value is -2.12. The number of nitrogens with zero attached hydrogens (tertiary/aromatic N) is 2. The number of amides is 1. The molecule has 25 heavy (non-hydrogen) atoms. The number of benzene rings is 2. The van der Waals surface area contributed by atoms with Crippen LogP contribution in [0.1, 0.15) is 11.1 Å². The van der Waals surface area contributed by atoms with Gasteiger partial charge in [0.05, 0.1) is 0 Å². The van der Waals surface area contributed by atoms with E-state index in [1.807, 2.05) is 18.2 Å². The summed E-state index contributed by atoms with van der Waals surface area (Å²) in [5.74, 6) is 0.156. The lowest BCUT2D eigenvalue weighted by atomic mass is 10.1. The van der Waals surface area contributed by atoms with E-state index in [1.54, 1.807) is 19.2 Å². The van der Waals surface area contributed by atoms with Crippen molar-refractivity contribution in [2.45, 2.75) is 13.0 Å². The Labute approximate surface area is 158 Å². The van der Waals surface area contributed by atoms with Crippen molar-refractivity contribution >= 4 is 44.9 Å². The van der Waals surface area contributed by atoms with Gasteiger partial charge in [-0.2, -0.15) is 0 Å². The quantitative estimate of drug-likeness (QED) is 0.688. The normalized spacial score (nSPS) is 14.0. The molecule has 2 aromatic carbocycles. The van der Waals surface area contributed by atoms with Crippen molar-refractivity contribution in [1.29, 1.82) is 0 Å². The molecule has 0 unspecified atom stereocenters. The maximum absolute atomic E-state index is 13.0. The third kappa shape index (κ3) is 4.11. The molecule has 0 atom stereocenters. The zero-order valence-electron chi connectivity index (χ0n) is 13.3. The van der Waals surface area contributed by atoms with Crippen LogP contribution in [0.4, 0.5) is 4.39 Å². The van der Waals surface area contributed by atoms with Crippen molar-refractivity contribution in [1.82, 2.24) is 4.90 Å². The first-order valence-corrected chi connectivity index (χ1v) is 8.69. The second-order valence-electron chi connectivity index (χ2n) is 5.55. The molecule has 1 aliphatic heterocycles. The largest absolute Gasteiger partial charge is 0.489 e. The minimum Gasteiger partial charge on any atom is -0.489 e. The summed E-state index contributed by atoms with van der Waals surface area (Å²) in [5.41, 5.74) is 2.06. The molecule has 7 heteroatoms. The highest BCUT2D eigenvalue weighted by Gasteiger charge is 2.27. The van der Waals surface area contributed by atoms with Crippen molar-refractivity contribution in [3.8, 4) is 5.75 Å². The molecule has 0 radical (unpaired) electrons. The molecule has 0 N–H and O–H groups in total. The number of thiocarbonyl (C=S) groups is 1. The fourth-order valence-corrected chi connectivity index (χ4v) is 2.98. The molecule has 1 heterocycles. The van der Waals surface area contributed by atoms with E-state index in [0.29, 0.717) is 24.5 Å². The van der Waals surface area contributed by atoms with Crippen LogP contribution in [0.2, 0.25) is 0 Å². The molecular weight excluding hydrogens is 407 g/mol. The van der Waals surface area contributed by atoms with Gasteiger partial charge < -0.3 is 4.74 Å². The molecule has 0 saturated heterocycles. The number of ether oxygens (including phenoxy) is 1. The van der Waals surface area contributed by atoms with Crippen molar-refractivity contribution < 1.29 is 13.9 Å². The topological polar surface area (TPSA) is 41.9 Å². The molecule has 0 spiro atoms. The Morgan fingerprint density at radius 3 is 2.60 bits per heavy atom. The van der Waals surface area contributed by atoms with Crippen molar-refractivity contribution in [2.24, 2.45) is 4.99 Å². The molecule has 1 aliphatic rings. The second kappa shape index (κ2) is 7.41. The summed E-state index contributed by atoms with van der Waals surface area (Å²) < 4.78 is 19.7. The average molecular weight is 421 g/mol. The third-order valence-corrected chi connectivity index (χ3v) is 4.62. The Morgan fingerprint density at radius 2 is 1.96 bits per heavy atom. The first-order valence-electron chi connectivity index (χ1n) is 7.49. The highest BCUT2D eigenvalue weighted by atomic mass is 79.9. The zero-order chi connectivity index (χ0) is 18.0.